The molecule has 250 valence electrons. The minimum Gasteiger partial charge on any atom is -0.454 e. The summed E-state index contributed by atoms with van der Waals surface area (Å²) in [5.41, 5.74) is 13.2. The Labute approximate surface area is 311 Å². The first-order chi connectivity index (χ1) is 25.3. The summed E-state index contributed by atoms with van der Waals surface area (Å²) in [6.45, 7) is 9.21. The number of hydrogen-bond acceptors (Lipinski definition) is 6. The summed E-state index contributed by atoms with van der Waals surface area (Å²) in [6, 6.07) is 39.0. The van der Waals surface area contributed by atoms with Crippen LogP contribution in [0.25, 0.3) is 44.8 Å². The van der Waals surface area contributed by atoms with Crippen molar-refractivity contribution in [3.63, 3.8) is 0 Å². The topological polar surface area (TPSA) is 44.2 Å². The molecule has 0 atom stereocenters. The summed E-state index contributed by atoms with van der Waals surface area (Å²) in [5.74, 6) is 3.47. The Kier molecular flexibility index (Phi) is 6.20. The molecule has 4 nitrogen and oxygen atoms in total. The molecule has 0 saturated carbocycles. The highest BCUT2D eigenvalue weighted by atomic mass is 32.2. The number of ether oxygens (including phenoxy) is 2. The lowest BCUT2D eigenvalue weighted by molar-refractivity contribution is 0.457. The van der Waals surface area contributed by atoms with Crippen LogP contribution in [0.4, 0.5) is 0 Å². The van der Waals surface area contributed by atoms with E-state index in [-0.39, 0.29) is 10.8 Å². The molecular weight excluding hydrogens is 677 g/mol. The molecule has 1 aromatic heterocycles. The van der Waals surface area contributed by atoms with E-state index in [0.29, 0.717) is 0 Å². The molecule has 0 bridgehead atoms. The smallest absolute Gasteiger partial charge is 0.150 e. The van der Waals surface area contributed by atoms with Gasteiger partial charge in [-0.05, 0) is 69.8 Å². The van der Waals surface area contributed by atoms with Gasteiger partial charge in [0.15, 0.2) is 11.5 Å². The molecule has 2 aliphatic carbocycles. The summed E-state index contributed by atoms with van der Waals surface area (Å²) >= 11 is 3.51. The van der Waals surface area contributed by atoms with E-state index in [4.69, 9.17) is 19.4 Å². The van der Waals surface area contributed by atoms with Crippen LogP contribution in [-0.2, 0) is 10.8 Å². The number of hydrogen-bond donors (Lipinski definition) is 0. The van der Waals surface area contributed by atoms with Gasteiger partial charge >= 0.3 is 0 Å². The number of rotatable bonds is 2. The molecule has 0 saturated heterocycles. The first-order valence-electron chi connectivity index (χ1n) is 17.6. The maximum Gasteiger partial charge on any atom is 0.150 e. The van der Waals surface area contributed by atoms with Gasteiger partial charge in [-0.1, -0.05) is 124 Å². The van der Waals surface area contributed by atoms with Gasteiger partial charge < -0.3 is 9.47 Å². The van der Waals surface area contributed by atoms with E-state index in [1.807, 2.05) is 12.4 Å². The summed E-state index contributed by atoms with van der Waals surface area (Å²) in [6.07, 6.45) is 3.67. The summed E-state index contributed by atoms with van der Waals surface area (Å²) < 4.78 is 14.0. The van der Waals surface area contributed by atoms with Crippen molar-refractivity contribution in [3.8, 4) is 67.8 Å². The zero-order valence-corrected chi connectivity index (χ0v) is 30.7. The quantitative estimate of drug-likeness (QED) is 0.178. The lowest BCUT2D eigenvalue weighted by Gasteiger charge is -2.26. The second-order valence-corrected chi connectivity index (χ2v) is 17.1. The van der Waals surface area contributed by atoms with Gasteiger partial charge in [0.05, 0.1) is 43.4 Å². The fourth-order valence-corrected chi connectivity index (χ4v) is 10.7. The van der Waals surface area contributed by atoms with Crippen LogP contribution in [0, 0.1) is 0 Å². The van der Waals surface area contributed by atoms with E-state index in [1.165, 1.54) is 44.5 Å². The molecule has 52 heavy (non-hydrogen) atoms. The number of nitrogens with zero attached hydrogens (tertiary/aromatic N) is 2. The van der Waals surface area contributed by atoms with E-state index < -0.39 is 0 Å². The van der Waals surface area contributed by atoms with E-state index in [9.17, 15) is 0 Å². The molecule has 0 amide bonds. The molecule has 0 unspecified atom stereocenters. The zero-order chi connectivity index (χ0) is 34.9. The highest BCUT2D eigenvalue weighted by molar-refractivity contribution is 8.00. The standard InChI is InChI=1S/C46H32N2O2S2/c1-45(2)29-15-7-5-11-25(29)39-31(45)19-21-37-43(39)49-41-27(13-9-17-35(41)51-37)33-23-47-24-34(48-33)28-14-10-18-36-42(28)50-44-38(52-36)22-20-32-40(44)26-12-6-8-16-30(26)46(32,3)4/h5-24H,1-4H3. The molecule has 6 heteroatoms. The van der Waals surface area contributed by atoms with Gasteiger partial charge in [0.1, 0.15) is 11.5 Å². The van der Waals surface area contributed by atoms with Crippen LogP contribution in [0.1, 0.15) is 49.9 Å². The van der Waals surface area contributed by atoms with Gasteiger partial charge in [0, 0.05) is 33.1 Å². The lowest BCUT2D eigenvalue weighted by atomic mass is 9.82. The second kappa shape index (κ2) is 10.6. The van der Waals surface area contributed by atoms with Gasteiger partial charge in [-0.25, -0.2) is 4.98 Å². The van der Waals surface area contributed by atoms with Crippen molar-refractivity contribution >= 4 is 23.5 Å². The fraction of sp³-hybridized carbons (Fsp3) is 0.130. The largest absolute Gasteiger partial charge is 0.454 e. The highest BCUT2D eigenvalue weighted by Crippen LogP contribution is 2.61. The minimum atomic E-state index is -0.107. The van der Waals surface area contributed by atoms with E-state index in [0.717, 1.165) is 65.1 Å². The van der Waals surface area contributed by atoms with E-state index >= 15 is 0 Å². The first-order valence-corrected chi connectivity index (χ1v) is 19.3. The van der Waals surface area contributed by atoms with Crippen molar-refractivity contribution in [1.82, 2.24) is 9.97 Å². The third kappa shape index (κ3) is 4.08. The average molecular weight is 709 g/mol. The van der Waals surface area contributed by atoms with Crippen molar-refractivity contribution in [2.24, 2.45) is 0 Å². The molecular formula is C46H32N2O2S2. The zero-order valence-electron chi connectivity index (χ0n) is 29.1. The molecule has 2 aliphatic heterocycles. The Balaban J connectivity index is 1.01. The van der Waals surface area contributed by atoms with Crippen LogP contribution in [0.5, 0.6) is 23.0 Å². The van der Waals surface area contributed by atoms with Crippen LogP contribution in [0.3, 0.4) is 0 Å². The van der Waals surface area contributed by atoms with Gasteiger partial charge in [0.25, 0.3) is 0 Å². The predicted octanol–water partition coefficient (Wildman–Crippen LogP) is 12.9. The Morgan fingerprint density at radius 3 is 1.33 bits per heavy atom. The molecule has 4 aliphatic rings. The van der Waals surface area contributed by atoms with Crippen molar-refractivity contribution in [1.29, 1.82) is 0 Å². The van der Waals surface area contributed by atoms with E-state index in [1.54, 1.807) is 23.5 Å². The predicted molar refractivity (Wildman–Crippen MR) is 209 cm³/mol. The average Bonchev–Trinajstić information content (AvgIpc) is 3.56. The maximum absolute atomic E-state index is 7.00. The number of benzene rings is 6. The Morgan fingerprint density at radius 2 is 0.846 bits per heavy atom. The minimum absolute atomic E-state index is 0.107. The summed E-state index contributed by atoms with van der Waals surface area (Å²) in [5, 5.41) is 0. The van der Waals surface area contributed by atoms with Crippen molar-refractivity contribution in [2.75, 3.05) is 0 Å². The second-order valence-electron chi connectivity index (χ2n) is 14.9. The van der Waals surface area contributed by atoms with E-state index in [2.05, 4.69) is 137 Å². The van der Waals surface area contributed by atoms with Gasteiger partial charge in [-0.15, -0.1) is 0 Å². The molecule has 0 fully saturated rings. The van der Waals surface area contributed by atoms with Gasteiger partial charge in [-0.3, -0.25) is 4.98 Å². The summed E-state index contributed by atoms with van der Waals surface area (Å²) in [7, 11) is 0. The van der Waals surface area contributed by atoms with Gasteiger partial charge in [-0.2, -0.15) is 0 Å². The fourth-order valence-electron chi connectivity index (χ4n) is 8.72. The maximum atomic E-state index is 7.00. The van der Waals surface area contributed by atoms with Crippen molar-refractivity contribution in [3.05, 3.63) is 144 Å². The Bertz CT molecular complexity index is 2530. The first kappa shape index (κ1) is 30.3. The van der Waals surface area contributed by atoms with Crippen molar-refractivity contribution in [2.45, 2.75) is 58.1 Å². The summed E-state index contributed by atoms with van der Waals surface area (Å²) in [4.78, 5) is 14.4. The van der Waals surface area contributed by atoms with Gasteiger partial charge in [0.2, 0.25) is 0 Å². The van der Waals surface area contributed by atoms with Crippen LogP contribution in [-0.4, -0.2) is 9.97 Å². The number of fused-ring (bicyclic) bond motifs is 12. The monoisotopic (exact) mass is 708 g/mol. The number of aromatic nitrogens is 2. The third-order valence-corrected chi connectivity index (χ3v) is 13.5. The highest BCUT2D eigenvalue weighted by Gasteiger charge is 2.41. The molecule has 6 aromatic carbocycles. The van der Waals surface area contributed by atoms with Crippen LogP contribution < -0.4 is 9.47 Å². The van der Waals surface area contributed by atoms with Crippen LogP contribution in [0.15, 0.2) is 141 Å². The van der Waals surface area contributed by atoms with Crippen LogP contribution >= 0.6 is 23.5 Å². The lowest BCUT2D eigenvalue weighted by Crippen LogP contribution is -2.15. The molecule has 0 spiro atoms. The number of para-hydroxylation sites is 2. The molecule has 7 aromatic rings. The molecule has 0 radical (unpaired) electrons. The molecule has 11 rings (SSSR count). The van der Waals surface area contributed by atoms with Crippen molar-refractivity contribution < 1.29 is 9.47 Å². The van der Waals surface area contributed by atoms with Crippen LogP contribution in [0.2, 0.25) is 0 Å². The third-order valence-electron chi connectivity index (χ3n) is 11.3. The molecule has 3 heterocycles. The normalized spacial score (nSPS) is 15.8. The Morgan fingerprint density at radius 1 is 0.423 bits per heavy atom. The molecule has 0 N–H and O–H groups in total. The SMILES string of the molecule is CC1(C)c2ccccc2-c2c1ccc1c2Oc2c(cccc2-c2cncc(-c3cccc4c3Oc3c(ccc5c3-c3ccccc3C5(C)C)S4)n2)S1. The Hall–Kier alpha value is -5.30.